The van der Waals surface area contributed by atoms with E-state index < -0.39 is 35.9 Å². The van der Waals surface area contributed by atoms with E-state index in [-0.39, 0.29) is 6.79 Å². The van der Waals surface area contributed by atoms with Crippen LogP contribution in [0.2, 0.25) is 0 Å². The first-order valence-electron chi connectivity index (χ1n) is 14.4. The summed E-state index contributed by atoms with van der Waals surface area (Å²) >= 11 is 3.63. The molecule has 45 heavy (non-hydrogen) atoms. The van der Waals surface area contributed by atoms with Gasteiger partial charge in [-0.2, -0.15) is 0 Å². The zero-order chi connectivity index (χ0) is 31.1. The maximum absolute atomic E-state index is 14.8. The standard InChI is InChI=1S/C35H30BrNO8/c1-39-26-14-21(15-27(40-2)33(26)41-3)28-22-16-24-25(43-18-42-24)17-23(22)32-30(34(36)37-45-32)29(28)35(38)44-31(19-10-6-4-7-11-19)20-12-8-5-9-13-20/h4-17,28-32H,18H2,1-3H3. The number of ether oxygens (including phenoxy) is 6. The number of benzene rings is 4. The number of halogens is 1. The van der Waals surface area contributed by atoms with Crippen molar-refractivity contribution in [3.8, 4) is 28.7 Å². The Balaban J connectivity index is 1.41. The van der Waals surface area contributed by atoms with Crippen molar-refractivity contribution in [3.63, 3.8) is 0 Å². The molecule has 0 bridgehead atoms. The molecule has 0 saturated heterocycles. The van der Waals surface area contributed by atoms with Crippen molar-refractivity contribution in [1.29, 1.82) is 0 Å². The van der Waals surface area contributed by atoms with E-state index in [0.717, 1.165) is 27.8 Å². The first-order chi connectivity index (χ1) is 22.0. The summed E-state index contributed by atoms with van der Waals surface area (Å²) in [6, 6.07) is 27.0. The third-order valence-corrected chi connectivity index (χ3v) is 9.25. The summed E-state index contributed by atoms with van der Waals surface area (Å²) in [4.78, 5) is 20.8. The molecule has 0 N–H and O–H groups in total. The van der Waals surface area contributed by atoms with E-state index in [2.05, 4.69) is 21.1 Å². The molecule has 1 aliphatic carbocycles. The number of hydrogen-bond acceptors (Lipinski definition) is 9. The number of carbonyl (C=O) groups is 1. The summed E-state index contributed by atoms with van der Waals surface area (Å²) in [5.74, 6) is 0.329. The number of fused-ring (bicyclic) bond motifs is 4. The van der Waals surface area contributed by atoms with Gasteiger partial charge in [-0.15, -0.1) is 0 Å². The van der Waals surface area contributed by atoms with Crippen molar-refractivity contribution < 1.29 is 38.1 Å². The molecular formula is C35H30BrNO8. The summed E-state index contributed by atoms with van der Waals surface area (Å²) in [6.07, 6.45) is -1.21. The molecule has 4 atom stereocenters. The van der Waals surface area contributed by atoms with Crippen LogP contribution in [0.5, 0.6) is 28.7 Å². The minimum Gasteiger partial charge on any atom is -0.493 e. The predicted octanol–water partition coefficient (Wildman–Crippen LogP) is 6.93. The topological polar surface area (TPSA) is 94.0 Å². The van der Waals surface area contributed by atoms with Gasteiger partial charge in [0.25, 0.3) is 0 Å². The normalized spacial score (nSPS) is 20.9. The first-order valence-corrected chi connectivity index (χ1v) is 15.2. The molecule has 9 nitrogen and oxygen atoms in total. The maximum atomic E-state index is 14.8. The fourth-order valence-electron chi connectivity index (χ4n) is 6.56. The molecule has 0 spiro atoms. The highest BCUT2D eigenvalue weighted by Gasteiger charge is 2.54. The monoisotopic (exact) mass is 671 g/mol. The van der Waals surface area contributed by atoms with Crippen LogP contribution in [0.3, 0.4) is 0 Å². The first kappa shape index (κ1) is 29.0. The molecule has 2 aliphatic heterocycles. The second-order valence-corrected chi connectivity index (χ2v) is 11.7. The van der Waals surface area contributed by atoms with E-state index in [1.54, 1.807) is 21.3 Å². The van der Waals surface area contributed by atoms with E-state index in [0.29, 0.717) is 33.4 Å². The molecule has 4 unspecified atom stereocenters. The Hall–Kier alpha value is -4.70. The number of carbonyl (C=O) groups excluding carboxylic acids is 1. The average Bonchev–Trinajstić information content (AvgIpc) is 3.71. The highest BCUT2D eigenvalue weighted by molar-refractivity contribution is 9.18. The lowest BCUT2D eigenvalue weighted by atomic mass is 9.65. The van der Waals surface area contributed by atoms with E-state index in [4.69, 9.17) is 33.3 Å². The summed E-state index contributed by atoms with van der Waals surface area (Å²) in [5.41, 5.74) is 4.13. The van der Waals surface area contributed by atoms with Crippen LogP contribution in [0.4, 0.5) is 0 Å². The number of hydrogen-bond donors (Lipinski definition) is 0. The van der Waals surface area contributed by atoms with Gasteiger partial charge in [0.05, 0.1) is 33.2 Å². The quantitative estimate of drug-likeness (QED) is 0.186. The van der Waals surface area contributed by atoms with Crippen molar-refractivity contribution >= 4 is 26.5 Å². The third kappa shape index (κ3) is 5.03. The van der Waals surface area contributed by atoms with Gasteiger partial charge in [0.1, 0.15) is 4.62 Å². The fourth-order valence-corrected chi connectivity index (χ4v) is 7.17. The summed E-state index contributed by atoms with van der Waals surface area (Å²) in [6.45, 7) is 0.101. The second kappa shape index (κ2) is 12.0. The van der Waals surface area contributed by atoms with Gasteiger partial charge in [0, 0.05) is 11.5 Å². The van der Waals surface area contributed by atoms with Crippen LogP contribution < -0.4 is 23.7 Å². The lowest BCUT2D eigenvalue weighted by molar-refractivity contribution is -0.156. The van der Waals surface area contributed by atoms with Gasteiger partial charge in [-0.1, -0.05) is 65.8 Å². The van der Waals surface area contributed by atoms with Gasteiger partial charge in [0.2, 0.25) is 12.5 Å². The molecule has 0 amide bonds. The Morgan fingerprint density at radius 2 is 1.40 bits per heavy atom. The summed E-state index contributed by atoms with van der Waals surface area (Å²) in [7, 11) is 4.68. The van der Waals surface area contributed by atoms with Gasteiger partial charge in [-0.25, -0.2) is 0 Å². The number of nitrogens with zero attached hydrogens (tertiary/aromatic N) is 1. The Kier molecular flexibility index (Phi) is 7.75. The number of methoxy groups -OCH3 is 3. The average molecular weight is 673 g/mol. The van der Waals surface area contributed by atoms with Gasteiger partial charge < -0.3 is 33.3 Å². The molecule has 0 radical (unpaired) electrons. The largest absolute Gasteiger partial charge is 0.493 e. The molecule has 0 saturated carbocycles. The van der Waals surface area contributed by atoms with E-state index in [9.17, 15) is 4.79 Å². The van der Waals surface area contributed by atoms with E-state index >= 15 is 0 Å². The van der Waals surface area contributed by atoms with Crippen LogP contribution in [0, 0.1) is 11.8 Å². The number of esters is 1. The van der Waals surface area contributed by atoms with Crippen LogP contribution >= 0.6 is 15.9 Å². The molecule has 2 heterocycles. The molecule has 0 fully saturated rings. The molecular weight excluding hydrogens is 642 g/mol. The minimum absolute atomic E-state index is 0.101. The summed E-state index contributed by atoms with van der Waals surface area (Å²) < 4.78 is 35.7. The predicted molar refractivity (Wildman–Crippen MR) is 168 cm³/mol. The molecule has 230 valence electrons. The second-order valence-electron chi connectivity index (χ2n) is 10.9. The minimum atomic E-state index is -0.777. The van der Waals surface area contributed by atoms with Crippen molar-refractivity contribution in [3.05, 3.63) is 113 Å². The van der Waals surface area contributed by atoms with Gasteiger partial charge in [-0.05, 0) is 62.4 Å². The lowest BCUT2D eigenvalue weighted by Crippen LogP contribution is -2.41. The maximum Gasteiger partial charge on any atom is 0.311 e. The Morgan fingerprint density at radius 1 is 0.822 bits per heavy atom. The van der Waals surface area contributed by atoms with Crippen LogP contribution in [-0.4, -0.2) is 38.7 Å². The van der Waals surface area contributed by atoms with Crippen LogP contribution in [-0.2, 0) is 14.4 Å². The van der Waals surface area contributed by atoms with Crippen molar-refractivity contribution in [2.24, 2.45) is 17.0 Å². The van der Waals surface area contributed by atoms with Crippen LogP contribution in [0.25, 0.3) is 0 Å². The smallest absolute Gasteiger partial charge is 0.311 e. The summed E-state index contributed by atoms with van der Waals surface area (Å²) in [5, 5.41) is 4.31. The lowest BCUT2D eigenvalue weighted by Gasteiger charge is -2.39. The van der Waals surface area contributed by atoms with Gasteiger partial charge in [0.15, 0.2) is 35.2 Å². The molecule has 10 heteroatoms. The third-order valence-electron chi connectivity index (χ3n) is 8.58. The molecule has 0 aromatic heterocycles. The molecule has 3 aliphatic rings. The highest BCUT2D eigenvalue weighted by Crippen LogP contribution is 2.57. The zero-order valence-corrected chi connectivity index (χ0v) is 26.4. The highest BCUT2D eigenvalue weighted by atomic mass is 79.9. The molecule has 4 aromatic rings. The molecule has 4 aromatic carbocycles. The SMILES string of the molecule is COc1cc(C2c3cc4c(cc3C3ON=C(Br)C3C2C(=O)OC(c2ccccc2)c2ccccc2)OCO4)cc(OC)c1OC. The Bertz CT molecular complexity index is 1700. The van der Waals surface area contributed by atoms with Crippen molar-refractivity contribution in [2.75, 3.05) is 28.1 Å². The number of rotatable bonds is 8. The number of oxime groups is 1. The fraction of sp³-hybridized carbons (Fsp3) is 0.257. The van der Waals surface area contributed by atoms with Crippen molar-refractivity contribution in [2.45, 2.75) is 18.1 Å². The van der Waals surface area contributed by atoms with E-state index in [1.807, 2.05) is 84.9 Å². The van der Waals surface area contributed by atoms with Crippen molar-refractivity contribution in [1.82, 2.24) is 0 Å². The van der Waals surface area contributed by atoms with E-state index in [1.165, 1.54) is 0 Å². The van der Waals surface area contributed by atoms with Crippen LogP contribution in [0.1, 0.15) is 45.9 Å². The Morgan fingerprint density at radius 3 is 1.96 bits per heavy atom. The Labute approximate surface area is 268 Å². The van der Waals surface area contributed by atoms with Gasteiger partial charge in [-0.3, -0.25) is 4.79 Å². The van der Waals surface area contributed by atoms with Crippen LogP contribution in [0.15, 0.2) is 90.1 Å². The zero-order valence-electron chi connectivity index (χ0n) is 24.8. The van der Waals surface area contributed by atoms with Gasteiger partial charge >= 0.3 is 5.97 Å². The molecule has 7 rings (SSSR count).